The van der Waals surface area contributed by atoms with E-state index in [0.717, 1.165) is 23.2 Å². The van der Waals surface area contributed by atoms with Gasteiger partial charge in [-0.15, -0.1) is 0 Å². The van der Waals surface area contributed by atoms with Crippen LogP contribution in [0.4, 0.5) is 28.9 Å². The molecule has 13 heteroatoms. The zero-order chi connectivity index (χ0) is 24.3. The highest BCUT2D eigenvalue weighted by Crippen LogP contribution is 2.48. The van der Waals surface area contributed by atoms with Crippen LogP contribution in [0.1, 0.15) is 45.7 Å². The topological polar surface area (TPSA) is 117 Å². The van der Waals surface area contributed by atoms with Gasteiger partial charge in [0, 0.05) is 5.69 Å². The Morgan fingerprint density at radius 1 is 1.18 bits per heavy atom. The quantitative estimate of drug-likeness (QED) is 0.508. The van der Waals surface area contributed by atoms with Gasteiger partial charge >= 0.3 is 12.1 Å². The Morgan fingerprint density at radius 3 is 2.33 bits per heavy atom. The normalized spacial score (nSPS) is 17.5. The van der Waals surface area contributed by atoms with E-state index in [4.69, 9.17) is 23.1 Å². The predicted octanol–water partition coefficient (Wildman–Crippen LogP) is 3.10. The summed E-state index contributed by atoms with van der Waals surface area (Å²) in [6, 6.07) is 3.74. The number of carbonyl (C=O) groups excluding carboxylic acids is 2. The molecular weight excluding hydrogens is 468 g/mol. The van der Waals surface area contributed by atoms with Crippen molar-refractivity contribution < 1.29 is 37.1 Å². The minimum atomic E-state index is -4.98. The summed E-state index contributed by atoms with van der Waals surface area (Å²) < 4.78 is 54.9. The van der Waals surface area contributed by atoms with Gasteiger partial charge in [0.15, 0.2) is 5.11 Å². The van der Waals surface area contributed by atoms with Crippen LogP contribution in [0, 0.1) is 5.82 Å². The first kappa shape index (κ1) is 22.6. The number of aromatic carboxylic acids is 1. The van der Waals surface area contributed by atoms with E-state index in [2.05, 4.69) is 4.98 Å². The van der Waals surface area contributed by atoms with Crippen LogP contribution in [-0.2, 0) is 11.0 Å². The van der Waals surface area contributed by atoms with E-state index in [1.165, 1.54) is 11.0 Å². The van der Waals surface area contributed by atoms with Crippen LogP contribution in [0.3, 0.4) is 0 Å². The van der Waals surface area contributed by atoms with Crippen molar-refractivity contribution in [3.8, 4) is 0 Å². The van der Waals surface area contributed by atoms with Crippen LogP contribution in [-0.4, -0.2) is 38.5 Å². The molecule has 0 bridgehead atoms. The van der Waals surface area contributed by atoms with Gasteiger partial charge in [-0.2, -0.15) is 13.2 Å². The number of anilines is 2. The highest BCUT2D eigenvalue weighted by atomic mass is 32.1. The van der Waals surface area contributed by atoms with Gasteiger partial charge in [-0.3, -0.25) is 14.5 Å². The van der Waals surface area contributed by atoms with Crippen molar-refractivity contribution in [2.75, 3.05) is 9.80 Å². The van der Waals surface area contributed by atoms with Gasteiger partial charge in [0.05, 0.1) is 23.0 Å². The number of carboxylic acids is 1. The molecule has 2 aliphatic rings. The summed E-state index contributed by atoms with van der Waals surface area (Å²) in [5.74, 6) is -4.58. The van der Waals surface area contributed by atoms with Crippen LogP contribution in [0.5, 0.6) is 0 Å². The number of nitrogens with zero attached hydrogens (tertiary/aromatic N) is 3. The number of primary amides is 1. The second kappa shape index (κ2) is 7.47. The smallest absolute Gasteiger partial charge is 0.418 e. The van der Waals surface area contributed by atoms with E-state index in [-0.39, 0.29) is 16.5 Å². The highest BCUT2D eigenvalue weighted by Gasteiger charge is 2.60. The van der Waals surface area contributed by atoms with Gasteiger partial charge in [-0.1, -0.05) is 0 Å². The largest absolute Gasteiger partial charge is 0.478 e. The van der Waals surface area contributed by atoms with E-state index in [9.17, 15) is 31.9 Å². The second-order valence-corrected chi connectivity index (χ2v) is 7.93. The van der Waals surface area contributed by atoms with Gasteiger partial charge in [0.1, 0.15) is 17.1 Å². The number of hydrogen-bond acceptors (Lipinski definition) is 5. The number of amides is 2. The zero-order valence-electron chi connectivity index (χ0n) is 16.5. The van der Waals surface area contributed by atoms with Crippen LogP contribution < -0.4 is 15.5 Å². The van der Waals surface area contributed by atoms with Crippen molar-refractivity contribution in [2.45, 2.75) is 31.0 Å². The molecule has 2 amide bonds. The Bertz CT molecular complexity index is 1230. The molecule has 0 atom stereocenters. The molecule has 1 aliphatic carbocycles. The third-order valence-electron chi connectivity index (χ3n) is 5.70. The fourth-order valence-electron chi connectivity index (χ4n) is 4.01. The van der Waals surface area contributed by atoms with E-state index in [1.54, 1.807) is 0 Å². The number of carboxylic acid groups (broad SMARTS) is 1. The van der Waals surface area contributed by atoms with E-state index in [0.29, 0.717) is 25.3 Å². The average molecular weight is 482 g/mol. The molecular formula is C20H14F4N4O4S. The van der Waals surface area contributed by atoms with Crippen molar-refractivity contribution in [2.24, 2.45) is 5.73 Å². The Kier molecular flexibility index (Phi) is 5.11. The Morgan fingerprint density at radius 2 is 1.85 bits per heavy atom. The number of thiocarbonyl (C=S) groups is 1. The molecule has 172 valence electrons. The summed E-state index contributed by atoms with van der Waals surface area (Å²) in [5.41, 5.74) is 0.460. The Balaban J connectivity index is 1.82. The molecule has 1 spiro atoms. The first-order valence-electron chi connectivity index (χ1n) is 9.47. The second-order valence-electron chi connectivity index (χ2n) is 7.56. The van der Waals surface area contributed by atoms with Crippen molar-refractivity contribution in [3.05, 3.63) is 53.1 Å². The third-order valence-corrected chi connectivity index (χ3v) is 6.07. The molecule has 1 saturated carbocycles. The number of nitrogens with two attached hydrogens (primary N) is 1. The van der Waals surface area contributed by atoms with E-state index >= 15 is 0 Å². The molecule has 1 saturated heterocycles. The summed E-state index contributed by atoms with van der Waals surface area (Å²) in [4.78, 5) is 41.5. The number of halogens is 4. The molecule has 8 nitrogen and oxygen atoms in total. The SMILES string of the molecule is NC(=O)c1ncc(N2C(=O)C3(CCC3)N(c3ccc(C(=O)O)c(F)c3)C2=S)cc1C(F)(F)F. The maximum atomic E-state index is 14.3. The lowest BCUT2D eigenvalue weighted by molar-refractivity contribution is -0.138. The number of carbonyl (C=O) groups is 3. The molecule has 1 aliphatic heterocycles. The Hall–Kier alpha value is -3.61. The summed E-state index contributed by atoms with van der Waals surface area (Å²) >= 11 is 5.39. The molecule has 0 unspecified atom stereocenters. The molecule has 3 N–H and O–H groups in total. The predicted molar refractivity (Wildman–Crippen MR) is 110 cm³/mol. The van der Waals surface area contributed by atoms with Crippen LogP contribution in [0.25, 0.3) is 0 Å². The first-order valence-corrected chi connectivity index (χ1v) is 9.88. The first-order chi connectivity index (χ1) is 15.4. The van der Waals surface area contributed by atoms with Gasteiger partial charge in [0.2, 0.25) is 0 Å². The number of pyridine rings is 1. The van der Waals surface area contributed by atoms with E-state index in [1.807, 2.05) is 0 Å². The molecule has 4 rings (SSSR count). The summed E-state index contributed by atoms with van der Waals surface area (Å²) in [6.07, 6.45) is -2.90. The lowest BCUT2D eigenvalue weighted by Crippen LogP contribution is -2.55. The van der Waals surface area contributed by atoms with E-state index < -0.39 is 52.1 Å². The molecule has 1 aromatic heterocycles. The van der Waals surface area contributed by atoms with Crippen molar-refractivity contribution in [3.63, 3.8) is 0 Å². The van der Waals surface area contributed by atoms with Gasteiger partial charge in [0.25, 0.3) is 11.8 Å². The van der Waals surface area contributed by atoms with Crippen molar-refractivity contribution in [1.29, 1.82) is 0 Å². The summed E-state index contributed by atoms with van der Waals surface area (Å²) in [7, 11) is 0. The van der Waals surface area contributed by atoms with Crippen molar-refractivity contribution >= 4 is 46.5 Å². The van der Waals surface area contributed by atoms with Crippen LogP contribution in [0.2, 0.25) is 0 Å². The molecule has 0 radical (unpaired) electrons. The Labute approximate surface area is 188 Å². The average Bonchev–Trinajstić information content (AvgIpc) is 2.93. The number of aromatic nitrogens is 1. The van der Waals surface area contributed by atoms with Crippen LogP contribution in [0.15, 0.2) is 30.5 Å². The van der Waals surface area contributed by atoms with Gasteiger partial charge in [-0.25, -0.2) is 14.2 Å². The number of hydrogen-bond donors (Lipinski definition) is 2. The maximum absolute atomic E-state index is 14.3. The van der Waals surface area contributed by atoms with Gasteiger partial charge < -0.3 is 15.7 Å². The fraction of sp³-hybridized carbons (Fsp3) is 0.250. The number of benzene rings is 1. The third kappa shape index (κ3) is 3.39. The molecule has 2 fully saturated rings. The summed E-state index contributed by atoms with van der Waals surface area (Å²) in [5, 5.41) is 8.81. The van der Waals surface area contributed by atoms with Gasteiger partial charge in [-0.05, 0) is 55.7 Å². The minimum absolute atomic E-state index is 0.0795. The minimum Gasteiger partial charge on any atom is -0.478 e. The maximum Gasteiger partial charge on any atom is 0.418 e. The monoisotopic (exact) mass is 482 g/mol. The lowest BCUT2D eigenvalue weighted by Gasteiger charge is -2.43. The molecule has 1 aromatic carbocycles. The fourth-order valence-corrected chi connectivity index (χ4v) is 4.48. The molecule has 2 heterocycles. The highest BCUT2D eigenvalue weighted by molar-refractivity contribution is 7.81. The van der Waals surface area contributed by atoms with Crippen LogP contribution >= 0.6 is 12.2 Å². The standard InChI is InChI=1S/C20H14F4N4O4S/c21-13-7-9(2-3-11(13)16(30)31)28-18(33)27(17(32)19(28)4-1-5-19)10-6-12(20(22,23)24)14(15(25)29)26-8-10/h2-3,6-8H,1,4-5H2,(H2,25,29)(H,30,31). The summed E-state index contributed by atoms with van der Waals surface area (Å²) in [6.45, 7) is 0. The zero-order valence-corrected chi connectivity index (χ0v) is 17.3. The number of alkyl halides is 3. The lowest BCUT2D eigenvalue weighted by atomic mass is 9.75. The number of rotatable bonds is 4. The molecule has 33 heavy (non-hydrogen) atoms. The molecule has 2 aromatic rings. The van der Waals surface area contributed by atoms with Crippen molar-refractivity contribution in [1.82, 2.24) is 4.98 Å².